The molecule has 7 aliphatic carbocycles. The van der Waals surface area contributed by atoms with Crippen molar-refractivity contribution < 1.29 is 39.8 Å². The van der Waals surface area contributed by atoms with Gasteiger partial charge in [-0.25, -0.2) is 4.99 Å². The van der Waals surface area contributed by atoms with Crippen LogP contribution in [0.3, 0.4) is 0 Å². The summed E-state index contributed by atoms with van der Waals surface area (Å²) in [7, 11) is 4.14. The fourth-order valence-electron chi connectivity index (χ4n) is 18.2. The maximum atomic E-state index is 13.1. The number of aliphatic hydroxyl groups excluding tert-OH is 3. The molecule has 5 aliphatic heterocycles. The molecule has 0 aromatic heterocycles. The SMILES string of the molecule is CC(=O)OC1CC(O)CCC23C#CC4CCCC5(CC(CCN5)Oc5cc(c(C(O)O)cc5O)CC41)C1CCC(CN1)SSCC1(CC45CCCC4C=C4CCC6CCCC61C4C5)NC(N)=NC2C=CCC3O. The van der Waals surface area contributed by atoms with E-state index in [0.29, 0.717) is 53.8 Å². The first-order chi connectivity index (χ1) is 35.2. The Hall–Kier alpha value is -2.94. The number of nitrogens with zero attached hydrogens (tertiary/aromatic N) is 1. The first-order valence-corrected chi connectivity index (χ1v) is 30.8. The Morgan fingerprint density at radius 1 is 1.01 bits per heavy atom. The van der Waals surface area contributed by atoms with Crippen LogP contribution in [0.1, 0.15) is 159 Å². The first-order valence-electron chi connectivity index (χ1n) is 28.4. The van der Waals surface area contributed by atoms with Crippen LogP contribution in [0, 0.1) is 57.7 Å². The van der Waals surface area contributed by atoms with Gasteiger partial charge in [0.15, 0.2) is 23.7 Å². The zero-order valence-corrected chi connectivity index (χ0v) is 44.5. The van der Waals surface area contributed by atoms with Crippen molar-refractivity contribution in [3.63, 3.8) is 0 Å². The molecule has 10 N–H and O–H groups in total. The van der Waals surface area contributed by atoms with Crippen molar-refractivity contribution in [1.29, 1.82) is 0 Å². The molecule has 4 saturated carbocycles. The van der Waals surface area contributed by atoms with E-state index in [0.717, 1.165) is 63.8 Å². The lowest BCUT2D eigenvalue weighted by Gasteiger charge is -2.68. The molecule has 10 bridgehead atoms. The van der Waals surface area contributed by atoms with E-state index < -0.39 is 53.9 Å². The Kier molecular flexibility index (Phi) is 13.8. The summed E-state index contributed by atoms with van der Waals surface area (Å²) < 4.78 is 13.1. The lowest BCUT2D eigenvalue weighted by Crippen LogP contribution is -2.73. The van der Waals surface area contributed by atoms with Gasteiger partial charge in [-0.05, 0) is 157 Å². The largest absolute Gasteiger partial charge is 0.504 e. The van der Waals surface area contributed by atoms with E-state index in [9.17, 15) is 30.3 Å². The highest BCUT2D eigenvalue weighted by molar-refractivity contribution is 8.77. The van der Waals surface area contributed by atoms with E-state index in [2.05, 4.69) is 61.5 Å². The number of fused-ring (bicyclic) bond motifs is 8. The van der Waals surface area contributed by atoms with E-state index in [1.54, 1.807) is 11.6 Å². The van der Waals surface area contributed by atoms with Gasteiger partial charge in [-0.15, -0.1) is 0 Å². The van der Waals surface area contributed by atoms with Crippen LogP contribution >= 0.6 is 21.6 Å². The van der Waals surface area contributed by atoms with Crippen LogP contribution in [0.2, 0.25) is 0 Å². The Bertz CT molecular complexity index is 2440. The second-order valence-electron chi connectivity index (χ2n) is 25.0. The Labute approximate surface area is 440 Å². The van der Waals surface area contributed by atoms with Gasteiger partial charge in [-0.1, -0.05) is 76.5 Å². The number of rotatable bonds is 2. The van der Waals surface area contributed by atoms with Crippen molar-refractivity contribution in [1.82, 2.24) is 16.0 Å². The minimum Gasteiger partial charge on any atom is -0.504 e. The van der Waals surface area contributed by atoms with E-state index in [1.807, 2.05) is 6.08 Å². The molecule has 73 heavy (non-hydrogen) atoms. The third kappa shape index (κ3) is 8.88. The second kappa shape index (κ2) is 19.8. The molecule has 5 spiro atoms. The molecule has 1 aromatic rings. The fourth-order valence-corrected chi connectivity index (χ4v) is 21.4. The summed E-state index contributed by atoms with van der Waals surface area (Å²) in [5, 5.41) is 70.8. The van der Waals surface area contributed by atoms with E-state index in [1.165, 1.54) is 70.8 Å². The smallest absolute Gasteiger partial charge is 0.302 e. The van der Waals surface area contributed by atoms with Crippen LogP contribution in [0.15, 0.2) is 40.9 Å². The van der Waals surface area contributed by atoms with Crippen LogP contribution in [0.5, 0.6) is 11.5 Å². The van der Waals surface area contributed by atoms with Gasteiger partial charge in [0.1, 0.15) is 12.2 Å². The predicted octanol–water partition coefficient (Wildman–Crippen LogP) is 7.24. The van der Waals surface area contributed by atoms with Crippen molar-refractivity contribution in [3.8, 4) is 23.3 Å². The number of esters is 1. The summed E-state index contributed by atoms with van der Waals surface area (Å²) in [5.41, 5.74) is 8.51. The zero-order chi connectivity index (χ0) is 50.3. The molecule has 2 saturated heterocycles. The number of hydrogen-bond acceptors (Lipinski definition) is 15. The highest BCUT2D eigenvalue weighted by Crippen LogP contribution is 2.74. The molecule has 0 radical (unpaired) electrons. The molecule has 6 fully saturated rings. The van der Waals surface area contributed by atoms with Gasteiger partial charge in [0.05, 0.1) is 29.2 Å². The van der Waals surface area contributed by atoms with Gasteiger partial charge in [-0.2, -0.15) is 0 Å². The molecule has 12 aliphatic rings. The maximum absolute atomic E-state index is 13.1. The van der Waals surface area contributed by atoms with E-state index in [4.69, 9.17) is 20.2 Å². The molecular weight excluding hydrogens is 959 g/mol. The third-order valence-electron chi connectivity index (χ3n) is 21.4. The van der Waals surface area contributed by atoms with E-state index >= 15 is 0 Å². The number of guanidine groups is 1. The van der Waals surface area contributed by atoms with Crippen LogP contribution in [-0.4, -0.2) is 109 Å². The number of aromatic hydroxyl groups is 1. The van der Waals surface area contributed by atoms with Crippen molar-refractivity contribution in [2.75, 3.05) is 18.8 Å². The number of aliphatic hydroxyl groups is 4. The lowest BCUT2D eigenvalue weighted by atomic mass is 9.39. The highest BCUT2D eigenvalue weighted by Gasteiger charge is 2.71. The number of aliphatic imine (C=N–C) groups is 1. The average Bonchev–Trinajstić information content (AvgIpc) is 3.99. The predicted molar refractivity (Wildman–Crippen MR) is 285 cm³/mol. The summed E-state index contributed by atoms with van der Waals surface area (Å²) in [6, 6.07) is 2.68. The number of nitrogens with two attached hydrogens (primary N) is 1. The normalized spacial score (nSPS) is 45.2. The van der Waals surface area contributed by atoms with Gasteiger partial charge in [0.2, 0.25) is 0 Å². The number of carbonyl (C=O) groups excluding carboxylic acids is 1. The highest BCUT2D eigenvalue weighted by atomic mass is 33.1. The monoisotopic (exact) mass is 1040 g/mol. The summed E-state index contributed by atoms with van der Waals surface area (Å²) in [6.45, 7) is 3.03. The number of hydrogen-bond donors (Lipinski definition) is 9. The molecule has 17 unspecified atom stereocenters. The number of allylic oxidation sites excluding steroid dienone is 2. The quantitative estimate of drug-likeness (QED) is 0.0471. The van der Waals surface area contributed by atoms with Crippen LogP contribution < -0.4 is 26.4 Å². The molecule has 1 aromatic carbocycles. The van der Waals surface area contributed by atoms with Crippen LogP contribution in [0.4, 0.5) is 0 Å². The first kappa shape index (κ1) is 50.9. The summed E-state index contributed by atoms with van der Waals surface area (Å²) in [5.74, 6) is 9.41. The van der Waals surface area contributed by atoms with Crippen molar-refractivity contribution in [2.45, 2.75) is 207 Å². The molecule has 0 amide bonds. The molecule has 13 nitrogen and oxygen atoms in total. The van der Waals surface area contributed by atoms with Gasteiger partial charge in [0.25, 0.3) is 0 Å². The van der Waals surface area contributed by atoms with Gasteiger partial charge in [0, 0.05) is 71.7 Å². The van der Waals surface area contributed by atoms with Crippen molar-refractivity contribution in [3.05, 3.63) is 47.1 Å². The molecule has 13 rings (SSSR count). The van der Waals surface area contributed by atoms with Crippen LogP contribution in [-0.2, 0) is 16.0 Å². The molecule has 15 heteroatoms. The van der Waals surface area contributed by atoms with Gasteiger partial charge < -0.3 is 56.7 Å². The Balaban J connectivity index is 1.02. The number of phenols is 1. The zero-order valence-electron chi connectivity index (χ0n) is 42.9. The fraction of sp³-hybridized carbons (Fsp3) is 0.759. The number of nitrogens with one attached hydrogen (secondary N) is 3. The Morgan fingerprint density at radius 3 is 2.71 bits per heavy atom. The topological polar surface area (TPSA) is 211 Å². The molecular formula is C58H81N5O8S2. The molecule has 17 atom stereocenters. The lowest BCUT2D eigenvalue weighted by molar-refractivity contribution is -0.152. The maximum Gasteiger partial charge on any atom is 0.302 e. The second-order valence-corrected chi connectivity index (χ2v) is 27.7. The minimum absolute atomic E-state index is 0.0697. The summed E-state index contributed by atoms with van der Waals surface area (Å²) in [4.78, 5) is 18.6. The average molecular weight is 1040 g/mol. The number of carbonyl (C=O) groups is 1. The summed E-state index contributed by atoms with van der Waals surface area (Å²) >= 11 is 0. The number of piperidine rings is 2. The standard InChI is InChI=1S/C58H81N5O8S2/c1-34(64)70-47-27-40(65)16-22-55-21-15-35-6-3-19-56(29-41(17-23-61-56)71-48-26-37(25-43(35)47)44(52(68)69)28-46(48)66)50-14-13-42(31-60-50)73-72-33-57(63-53(59)62-49(55)9-2-10-51(55)67)32-54-18-4-8-39(54)24-36-11-12-38-7-5-20-58(38,57)45(36)30-54/h2,9,24,26,28,35,38-43,45,47,49-52,60-61,65-69H,3-8,10-14,16-20,22-23,25,27,29-33H2,1H3,(H3,59,62,63). The summed E-state index contributed by atoms with van der Waals surface area (Å²) in [6.07, 6.45) is 21.7. The van der Waals surface area contributed by atoms with Crippen LogP contribution in [0.25, 0.3) is 0 Å². The number of ether oxygens (including phenoxy) is 2. The van der Waals surface area contributed by atoms with Gasteiger partial charge in [-0.3, -0.25) is 4.79 Å². The number of phenolic OH excluding ortho intramolecular Hbond substituents is 1. The molecule has 5 heterocycles. The van der Waals surface area contributed by atoms with Gasteiger partial charge >= 0.3 is 5.97 Å². The third-order valence-corrected chi connectivity index (χ3v) is 24.4. The number of benzene rings is 1. The van der Waals surface area contributed by atoms with Crippen molar-refractivity contribution >= 4 is 33.5 Å². The minimum atomic E-state index is -1.90. The Morgan fingerprint density at radius 2 is 1.88 bits per heavy atom. The van der Waals surface area contributed by atoms with E-state index in [-0.39, 0.29) is 70.4 Å². The molecule has 398 valence electrons. The van der Waals surface area contributed by atoms with Crippen molar-refractivity contribution in [2.24, 2.45) is 56.6 Å².